The van der Waals surface area contributed by atoms with Crippen molar-refractivity contribution < 1.29 is 13.2 Å². The molecule has 0 saturated carbocycles. The van der Waals surface area contributed by atoms with Gasteiger partial charge in [-0.3, -0.25) is 0 Å². The van der Waals surface area contributed by atoms with Gasteiger partial charge < -0.3 is 4.57 Å². The highest BCUT2D eigenvalue weighted by Gasteiger charge is 2.17. The second-order valence-corrected chi connectivity index (χ2v) is 8.46. The number of halogens is 3. The third-order valence-electron chi connectivity index (χ3n) is 5.42. The van der Waals surface area contributed by atoms with Gasteiger partial charge in [0.25, 0.3) is 0 Å². The first-order valence-corrected chi connectivity index (χ1v) is 11.4. The van der Waals surface area contributed by atoms with E-state index in [0.717, 1.165) is 22.1 Å². The molecule has 3 aromatic carbocycles. The molecule has 0 saturated heterocycles. The molecular formula is C26H18F3N3S. The quantitative estimate of drug-likeness (QED) is 0.267. The van der Waals surface area contributed by atoms with Crippen LogP contribution in [0.1, 0.15) is 5.56 Å². The van der Waals surface area contributed by atoms with Gasteiger partial charge >= 0.3 is 0 Å². The zero-order valence-electron chi connectivity index (χ0n) is 17.6. The maximum Gasteiger partial charge on any atom is 0.169 e. The molecule has 2 aliphatic heterocycles. The molecule has 0 bridgehead atoms. The van der Waals surface area contributed by atoms with Gasteiger partial charge in [-0.2, -0.15) is 0 Å². The van der Waals surface area contributed by atoms with Gasteiger partial charge in [-0.1, -0.05) is 30.3 Å². The van der Waals surface area contributed by atoms with E-state index in [1.807, 2.05) is 41.2 Å². The van der Waals surface area contributed by atoms with Crippen molar-refractivity contribution in [2.45, 2.75) is 11.4 Å². The summed E-state index contributed by atoms with van der Waals surface area (Å²) in [6.07, 6.45) is 5.56. The van der Waals surface area contributed by atoms with E-state index in [-0.39, 0.29) is 17.2 Å². The van der Waals surface area contributed by atoms with Gasteiger partial charge in [-0.25, -0.2) is 23.1 Å². The molecule has 0 N–H and O–H groups in total. The number of nitrogens with zero attached hydrogens (tertiary/aromatic N) is 3. The highest BCUT2D eigenvalue weighted by Crippen LogP contribution is 2.29. The Bertz CT molecular complexity index is 1410. The van der Waals surface area contributed by atoms with E-state index >= 15 is 0 Å². The van der Waals surface area contributed by atoms with Crippen molar-refractivity contribution in [2.24, 2.45) is 0 Å². The summed E-state index contributed by atoms with van der Waals surface area (Å²) in [7, 11) is 0. The van der Waals surface area contributed by atoms with E-state index in [0.29, 0.717) is 23.5 Å². The maximum atomic E-state index is 14.8. The molecule has 0 amide bonds. The molecule has 3 aromatic rings. The molecule has 3 nitrogen and oxygen atoms in total. The third-order valence-corrected chi connectivity index (χ3v) is 6.16. The van der Waals surface area contributed by atoms with Crippen molar-refractivity contribution in [3.63, 3.8) is 0 Å². The molecule has 0 aromatic heterocycles. The summed E-state index contributed by atoms with van der Waals surface area (Å²) in [5, 5.41) is 0. The molecule has 7 heteroatoms. The summed E-state index contributed by atoms with van der Waals surface area (Å²) in [6, 6.07) is 18.7. The highest BCUT2D eigenvalue weighted by molar-refractivity contribution is 7.98. The molecule has 164 valence electrons. The zero-order valence-corrected chi connectivity index (χ0v) is 18.4. The molecular weight excluding hydrogens is 443 g/mol. The second kappa shape index (κ2) is 8.75. The van der Waals surface area contributed by atoms with Gasteiger partial charge in [-0.15, -0.1) is 11.8 Å². The van der Waals surface area contributed by atoms with E-state index in [2.05, 4.69) is 9.97 Å². The summed E-state index contributed by atoms with van der Waals surface area (Å²) < 4.78 is 44.4. The Hall–Kier alpha value is -3.58. The van der Waals surface area contributed by atoms with Crippen LogP contribution in [0.4, 0.5) is 13.2 Å². The normalized spacial score (nSPS) is 11.3. The van der Waals surface area contributed by atoms with Gasteiger partial charge in [0.05, 0.1) is 11.3 Å². The largest absolute Gasteiger partial charge is 0.348 e. The molecule has 0 radical (unpaired) electrons. The van der Waals surface area contributed by atoms with Gasteiger partial charge in [-0.05, 0) is 53.8 Å². The van der Waals surface area contributed by atoms with Crippen LogP contribution in [0, 0.1) is 17.5 Å². The van der Waals surface area contributed by atoms with E-state index in [1.54, 1.807) is 36.3 Å². The van der Waals surface area contributed by atoms with Crippen molar-refractivity contribution >= 4 is 11.8 Å². The Morgan fingerprint density at radius 3 is 2.36 bits per heavy atom. The average Bonchev–Trinajstić information content (AvgIpc) is 3.24. The molecule has 0 atom stereocenters. The number of fused-ring (bicyclic) bond motifs is 1. The van der Waals surface area contributed by atoms with E-state index in [1.165, 1.54) is 18.2 Å². The van der Waals surface area contributed by atoms with Crippen molar-refractivity contribution in [1.82, 2.24) is 14.5 Å². The number of rotatable bonds is 5. The van der Waals surface area contributed by atoms with Crippen LogP contribution >= 0.6 is 11.8 Å². The van der Waals surface area contributed by atoms with E-state index < -0.39 is 11.6 Å². The predicted molar refractivity (Wildman–Crippen MR) is 125 cm³/mol. The summed E-state index contributed by atoms with van der Waals surface area (Å²) in [6.45, 7) is 0.426. The molecule has 0 aliphatic carbocycles. The number of aromatic nitrogens is 3. The van der Waals surface area contributed by atoms with Crippen molar-refractivity contribution in [3.05, 3.63) is 102 Å². The summed E-state index contributed by atoms with van der Waals surface area (Å²) in [4.78, 5) is 9.80. The Labute approximate surface area is 193 Å². The van der Waals surface area contributed by atoms with Gasteiger partial charge in [0, 0.05) is 29.4 Å². The monoisotopic (exact) mass is 461 g/mol. The van der Waals surface area contributed by atoms with Gasteiger partial charge in [0.15, 0.2) is 17.5 Å². The fourth-order valence-corrected chi connectivity index (χ4v) is 4.13. The number of imidazole rings is 1. The molecule has 0 fully saturated rings. The lowest BCUT2D eigenvalue weighted by Crippen LogP contribution is -2.01. The molecule has 5 rings (SSSR count). The van der Waals surface area contributed by atoms with Crippen LogP contribution in [0.3, 0.4) is 0 Å². The average molecular weight is 462 g/mol. The SMILES string of the molecule is CSc1ccc(-c2ccc(Cn3ccc4nc(-c5cccc(F)c5F)nc-4c3)cc2F)cc1. The summed E-state index contributed by atoms with van der Waals surface area (Å²) in [5.41, 5.74) is 3.30. The summed E-state index contributed by atoms with van der Waals surface area (Å²) >= 11 is 1.64. The zero-order chi connectivity index (χ0) is 22.9. The van der Waals surface area contributed by atoms with Crippen LogP contribution in [0.15, 0.2) is 84.0 Å². The van der Waals surface area contributed by atoms with Crippen molar-refractivity contribution in [1.29, 1.82) is 0 Å². The Balaban J connectivity index is 1.40. The van der Waals surface area contributed by atoms with Crippen LogP contribution in [0.5, 0.6) is 0 Å². The van der Waals surface area contributed by atoms with Crippen molar-refractivity contribution in [3.8, 4) is 33.9 Å². The van der Waals surface area contributed by atoms with Crippen molar-refractivity contribution in [2.75, 3.05) is 6.26 Å². The van der Waals surface area contributed by atoms with Gasteiger partial charge in [0.1, 0.15) is 11.5 Å². The standard InChI is InChI=1S/C26H18F3N3S/c1-33-18-8-6-17(7-9-18)19-10-5-16(13-22(19)28)14-32-12-11-23-24(15-32)31-26(30-23)20-3-2-4-21(27)25(20)29/h2-13,15H,14H2,1H3. The fourth-order valence-electron chi connectivity index (χ4n) is 3.72. The second-order valence-electron chi connectivity index (χ2n) is 7.58. The highest BCUT2D eigenvalue weighted by atomic mass is 32.2. The minimum absolute atomic E-state index is 0.0148. The molecule has 2 heterocycles. The predicted octanol–water partition coefficient (Wildman–Crippen LogP) is 6.90. The third kappa shape index (κ3) is 4.24. The number of hydrogen-bond acceptors (Lipinski definition) is 3. The molecule has 2 aliphatic rings. The molecule has 0 spiro atoms. The first-order chi connectivity index (χ1) is 16.0. The topological polar surface area (TPSA) is 30.7 Å². The van der Waals surface area contributed by atoms with E-state index in [4.69, 9.17) is 0 Å². The minimum Gasteiger partial charge on any atom is -0.348 e. The van der Waals surface area contributed by atoms with Crippen LogP contribution in [-0.4, -0.2) is 20.8 Å². The first-order valence-electron chi connectivity index (χ1n) is 10.2. The Kier molecular flexibility index (Phi) is 5.64. The number of thioether (sulfide) groups is 1. The van der Waals surface area contributed by atoms with Crippen LogP contribution in [-0.2, 0) is 6.54 Å². The van der Waals surface area contributed by atoms with Crippen LogP contribution < -0.4 is 0 Å². The number of benzene rings is 3. The fraction of sp³-hybridized carbons (Fsp3) is 0.0769. The minimum atomic E-state index is -0.973. The number of hydrogen-bond donors (Lipinski definition) is 0. The molecule has 33 heavy (non-hydrogen) atoms. The van der Waals surface area contributed by atoms with Crippen LogP contribution in [0.2, 0.25) is 0 Å². The van der Waals surface area contributed by atoms with Gasteiger partial charge in [0.2, 0.25) is 0 Å². The smallest absolute Gasteiger partial charge is 0.169 e. The lowest BCUT2D eigenvalue weighted by molar-refractivity contribution is 0.510. The van der Waals surface area contributed by atoms with E-state index in [9.17, 15) is 13.2 Å². The summed E-state index contributed by atoms with van der Waals surface area (Å²) in [5.74, 6) is -2.08. The first kappa shape index (κ1) is 21.3. The molecule has 0 unspecified atom stereocenters. The Morgan fingerprint density at radius 2 is 1.61 bits per heavy atom. The maximum absolute atomic E-state index is 14.8. The number of pyridine rings is 1. The van der Waals surface area contributed by atoms with Crippen LogP contribution in [0.25, 0.3) is 33.9 Å². The lowest BCUT2D eigenvalue weighted by Gasteiger charge is -2.10. The Morgan fingerprint density at radius 1 is 0.818 bits per heavy atom. The lowest BCUT2D eigenvalue weighted by atomic mass is 10.0.